The van der Waals surface area contributed by atoms with Crippen LogP contribution in [-0.2, 0) is 0 Å². The molecule has 0 aliphatic heterocycles. The highest BCUT2D eigenvalue weighted by Gasteiger charge is 2.01. The maximum Gasteiger partial charge on any atom is 0.123 e. The van der Waals surface area contributed by atoms with E-state index in [0.717, 1.165) is 21.7 Å². The van der Waals surface area contributed by atoms with E-state index in [1.807, 2.05) is 24.3 Å². The largest absolute Gasteiger partial charge is 0.256 e. The number of benzene rings is 2. The fourth-order valence-corrected chi connectivity index (χ4v) is 1.83. The van der Waals surface area contributed by atoms with Gasteiger partial charge in [-0.05, 0) is 29.7 Å². The SMILES string of the molecule is Fc1ccc2cnc3ccccc3c2c1. The van der Waals surface area contributed by atoms with Crippen LogP contribution in [0.5, 0.6) is 0 Å². The molecule has 2 aromatic carbocycles. The van der Waals surface area contributed by atoms with Crippen LogP contribution in [0.3, 0.4) is 0 Å². The van der Waals surface area contributed by atoms with Gasteiger partial charge in [-0.15, -0.1) is 0 Å². The average Bonchev–Trinajstić information content (AvgIpc) is 2.29. The van der Waals surface area contributed by atoms with Crippen molar-refractivity contribution in [3.05, 3.63) is 54.5 Å². The fourth-order valence-electron chi connectivity index (χ4n) is 1.83. The lowest BCUT2D eigenvalue weighted by Gasteiger charge is -2.02. The van der Waals surface area contributed by atoms with Crippen LogP contribution >= 0.6 is 0 Å². The molecule has 1 aromatic heterocycles. The Hall–Kier alpha value is -1.96. The summed E-state index contributed by atoms with van der Waals surface area (Å²) in [4.78, 5) is 4.32. The first-order valence-electron chi connectivity index (χ1n) is 4.77. The van der Waals surface area contributed by atoms with Gasteiger partial charge in [0.25, 0.3) is 0 Å². The van der Waals surface area contributed by atoms with Crippen molar-refractivity contribution in [1.82, 2.24) is 4.98 Å². The first kappa shape index (κ1) is 8.36. The Bertz CT molecular complexity index is 646. The van der Waals surface area contributed by atoms with Crippen molar-refractivity contribution >= 4 is 21.7 Å². The van der Waals surface area contributed by atoms with E-state index in [2.05, 4.69) is 4.98 Å². The van der Waals surface area contributed by atoms with Crippen LogP contribution in [-0.4, -0.2) is 4.98 Å². The fraction of sp³-hybridized carbons (Fsp3) is 0. The van der Waals surface area contributed by atoms with Gasteiger partial charge in [-0.25, -0.2) is 4.39 Å². The van der Waals surface area contributed by atoms with Gasteiger partial charge in [0.1, 0.15) is 5.82 Å². The Morgan fingerprint density at radius 3 is 2.73 bits per heavy atom. The molecule has 3 rings (SSSR count). The average molecular weight is 197 g/mol. The maximum absolute atomic E-state index is 13.1. The van der Waals surface area contributed by atoms with Gasteiger partial charge in [-0.1, -0.05) is 18.2 Å². The lowest BCUT2D eigenvalue weighted by molar-refractivity contribution is 0.630. The Labute approximate surface area is 86.2 Å². The second-order valence-electron chi connectivity index (χ2n) is 3.51. The summed E-state index contributed by atoms with van der Waals surface area (Å²) < 4.78 is 13.1. The van der Waals surface area contributed by atoms with Crippen LogP contribution in [0.25, 0.3) is 21.7 Å². The molecule has 0 saturated carbocycles. The molecule has 3 aromatic rings. The van der Waals surface area contributed by atoms with Gasteiger partial charge in [0.15, 0.2) is 0 Å². The van der Waals surface area contributed by atoms with Crippen molar-refractivity contribution in [2.45, 2.75) is 0 Å². The zero-order valence-corrected chi connectivity index (χ0v) is 7.94. The number of fused-ring (bicyclic) bond motifs is 3. The summed E-state index contributed by atoms with van der Waals surface area (Å²) in [6, 6.07) is 12.5. The molecule has 0 saturated heterocycles. The molecule has 0 radical (unpaired) electrons. The van der Waals surface area contributed by atoms with Crippen LogP contribution in [0, 0.1) is 5.82 Å². The second-order valence-corrected chi connectivity index (χ2v) is 3.51. The van der Waals surface area contributed by atoms with Crippen molar-refractivity contribution in [1.29, 1.82) is 0 Å². The number of hydrogen-bond donors (Lipinski definition) is 0. The number of halogens is 1. The van der Waals surface area contributed by atoms with E-state index < -0.39 is 0 Å². The van der Waals surface area contributed by atoms with Gasteiger partial charge in [-0.2, -0.15) is 0 Å². The standard InChI is InChI=1S/C13H8FN/c14-10-6-5-9-8-15-13-4-2-1-3-11(13)12(9)7-10/h1-8H. The molecule has 0 unspecified atom stereocenters. The highest BCUT2D eigenvalue weighted by atomic mass is 19.1. The molecule has 15 heavy (non-hydrogen) atoms. The Morgan fingerprint density at radius 2 is 1.80 bits per heavy atom. The molecule has 2 heteroatoms. The predicted molar refractivity (Wildman–Crippen MR) is 59.2 cm³/mol. The first-order chi connectivity index (χ1) is 7.34. The molecular formula is C13H8FN. The Kier molecular flexibility index (Phi) is 1.68. The zero-order chi connectivity index (χ0) is 10.3. The molecule has 0 aliphatic rings. The van der Waals surface area contributed by atoms with Crippen LogP contribution in [0.4, 0.5) is 4.39 Å². The third-order valence-corrected chi connectivity index (χ3v) is 2.55. The lowest BCUT2D eigenvalue weighted by atomic mass is 10.1. The van der Waals surface area contributed by atoms with E-state index in [1.54, 1.807) is 18.3 Å². The van der Waals surface area contributed by atoms with Crippen molar-refractivity contribution in [2.75, 3.05) is 0 Å². The number of aromatic nitrogens is 1. The van der Waals surface area contributed by atoms with Gasteiger partial charge in [0.2, 0.25) is 0 Å². The molecule has 0 aliphatic carbocycles. The third-order valence-electron chi connectivity index (χ3n) is 2.55. The van der Waals surface area contributed by atoms with Gasteiger partial charge < -0.3 is 0 Å². The second kappa shape index (κ2) is 3.02. The molecule has 1 heterocycles. The van der Waals surface area contributed by atoms with Gasteiger partial charge in [0.05, 0.1) is 5.52 Å². The van der Waals surface area contributed by atoms with E-state index in [9.17, 15) is 4.39 Å². The van der Waals surface area contributed by atoms with E-state index in [-0.39, 0.29) is 5.82 Å². The van der Waals surface area contributed by atoms with Crippen LogP contribution in [0.2, 0.25) is 0 Å². The molecule has 0 amide bonds. The summed E-state index contributed by atoms with van der Waals surface area (Å²) in [5, 5.41) is 2.88. The van der Waals surface area contributed by atoms with Crippen molar-refractivity contribution < 1.29 is 4.39 Å². The van der Waals surface area contributed by atoms with Gasteiger partial charge in [-0.3, -0.25) is 4.98 Å². The number of para-hydroxylation sites is 1. The van der Waals surface area contributed by atoms with Crippen LogP contribution in [0.15, 0.2) is 48.7 Å². The summed E-state index contributed by atoms with van der Waals surface area (Å²) in [7, 11) is 0. The monoisotopic (exact) mass is 197 g/mol. The summed E-state index contributed by atoms with van der Waals surface area (Å²) in [5.41, 5.74) is 0.899. The van der Waals surface area contributed by atoms with Gasteiger partial charge in [0, 0.05) is 17.0 Å². The number of rotatable bonds is 0. The van der Waals surface area contributed by atoms with Crippen LogP contribution < -0.4 is 0 Å². The van der Waals surface area contributed by atoms with Crippen molar-refractivity contribution in [3.63, 3.8) is 0 Å². The smallest absolute Gasteiger partial charge is 0.123 e. The summed E-state index contributed by atoms with van der Waals surface area (Å²) >= 11 is 0. The maximum atomic E-state index is 13.1. The molecular weight excluding hydrogens is 189 g/mol. The van der Waals surface area contributed by atoms with E-state index in [1.165, 1.54) is 6.07 Å². The summed E-state index contributed by atoms with van der Waals surface area (Å²) in [6.07, 6.45) is 1.77. The third kappa shape index (κ3) is 1.26. The predicted octanol–water partition coefficient (Wildman–Crippen LogP) is 3.53. The summed E-state index contributed by atoms with van der Waals surface area (Å²) in [5.74, 6) is -0.209. The first-order valence-corrected chi connectivity index (χ1v) is 4.77. The highest BCUT2D eigenvalue weighted by Crippen LogP contribution is 2.23. The summed E-state index contributed by atoms with van der Waals surface area (Å²) in [6.45, 7) is 0. The highest BCUT2D eigenvalue weighted by molar-refractivity contribution is 6.05. The minimum absolute atomic E-state index is 0.209. The molecule has 0 bridgehead atoms. The lowest BCUT2D eigenvalue weighted by Crippen LogP contribution is -1.82. The molecule has 1 nitrogen and oxygen atoms in total. The minimum atomic E-state index is -0.209. The molecule has 0 N–H and O–H groups in total. The molecule has 0 spiro atoms. The number of pyridine rings is 1. The Morgan fingerprint density at radius 1 is 0.933 bits per heavy atom. The van der Waals surface area contributed by atoms with E-state index in [0.29, 0.717) is 0 Å². The molecule has 0 fully saturated rings. The number of nitrogens with zero attached hydrogens (tertiary/aromatic N) is 1. The van der Waals surface area contributed by atoms with Crippen molar-refractivity contribution in [2.24, 2.45) is 0 Å². The molecule has 0 atom stereocenters. The topological polar surface area (TPSA) is 12.9 Å². The minimum Gasteiger partial charge on any atom is -0.256 e. The van der Waals surface area contributed by atoms with E-state index >= 15 is 0 Å². The Balaban J connectivity index is 2.57. The quantitative estimate of drug-likeness (QED) is 0.502. The van der Waals surface area contributed by atoms with Crippen molar-refractivity contribution in [3.8, 4) is 0 Å². The van der Waals surface area contributed by atoms with Crippen LogP contribution in [0.1, 0.15) is 0 Å². The molecule has 72 valence electrons. The zero-order valence-electron chi connectivity index (χ0n) is 7.94. The van der Waals surface area contributed by atoms with E-state index in [4.69, 9.17) is 0 Å². The number of hydrogen-bond acceptors (Lipinski definition) is 1. The van der Waals surface area contributed by atoms with Gasteiger partial charge >= 0.3 is 0 Å². The normalized spacial score (nSPS) is 11.0.